The van der Waals surface area contributed by atoms with Crippen LogP contribution in [0.4, 0.5) is 5.69 Å². The van der Waals surface area contributed by atoms with Gasteiger partial charge in [-0.25, -0.2) is 4.98 Å². The highest BCUT2D eigenvalue weighted by Gasteiger charge is 2.14. The van der Waals surface area contributed by atoms with E-state index in [4.69, 9.17) is 16.3 Å². The SMILES string of the molecule is Cc1cc([N+](=O)[O-])c(C)cc1OCc1cccc(Cl)n1. The maximum absolute atomic E-state index is 10.8. The van der Waals surface area contributed by atoms with Crippen molar-refractivity contribution in [2.24, 2.45) is 0 Å². The van der Waals surface area contributed by atoms with Crippen LogP contribution in [-0.4, -0.2) is 9.91 Å². The second-order valence-corrected chi connectivity index (χ2v) is 4.79. The van der Waals surface area contributed by atoms with E-state index in [-0.39, 0.29) is 12.3 Å². The highest BCUT2D eigenvalue weighted by molar-refractivity contribution is 6.29. The number of pyridine rings is 1. The summed E-state index contributed by atoms with van der Waals surface area (Å²) in [6.45, 7) is 3.72. The van der Waals surface area contributed by atoms with Crippen molar-refractivity contribution in [3.63, 3.8) is 0 Å². The fourth-order valence-corrected chi connectivity index (χ4v) is 1.99. The van der Waals surface area contributed by atoms with E-state index >= 15 is 0 Å². The highest BCUT2D eigenvalue weighted by Crippen LogP contribution is 2.28. The van der Waals surface area contributed by atoms with Gasteiger partial charge in [0, 0.05) is 11.6 Å². The Kier molecular flexibility index (Phi) is 4.20. The number of ether oxygens (including phenoxy) is 1. The van der Waals surface area contributed by atoms with E-state index in [1.807, 2.05) is 0 Å². The second-order valence-electron chi connectivity index (χ2n) is 4.40. The molecule has 0 fully saturated rings. The monoisotopic (exact) mass is 292 g/mol. The number of rotatable bonds is 4. The Hall–Kier alpha value is -2.14. The van der Waals surface area contributed by atoms with Crippen molar-refractivity contribution in [1.82, 2.24) is 4.98 Å². The number of nitrogens with zero attached hydrogens (tertiary/aromatic N) is 2. The Labute approximate surface area is 121 Å². The summed E-state index contributed by atoms with van der Waals surface area (Å²) < 4.78 is 5.65. The third kappa shape index (κ3) is 3.24. The molecule has 1 aromatic heterocycles. The van der Waals surface area contributed by atoms with E-state index in [1.165, 1.54) is 6.07 Å². The first-order valence-electron chi connectivity index (χ1n) is 5.97. The maximum atomic E-state index is 10.8. The molecule has 2 rings (SSSR count). The third-order valence-electron chi connectivity index (χ3n) is 2.84. The van der Waals surface area contributed by atoms with Gasteiger partial charge in [-0.2, -0.15) is 0 Å². The van der Waals surface area contributed by atoms with Gasteiger partial charge in [0.2, 0.25) is 0 Å². The lowest BCUT2D eigenvalue weighted by molar-refractivity contribution is -0.385. The van der Waals surface area contributed by atoms with E-state index in [2.05, 4.69) is 4.98 Å². The lowest BCUT2D eigenvalue weighted by Gasteiger charge is -2.10. The summed E-state index contributed by atoms with van der Waals surface area (Å²) in [4.78, 5) is 14.6. The molecule has 0 radical (unpaired) electrons. The van der Waals surface area contributed by atoms with Crippen LogP contribution >= 0.6 is 11.6 Å². The largest absolute Gasteiger partial charge is 0.487 e. The van der Waals surface area contributed by atoms with E-state index in [0.717, 1.165) is 0 Å². The van der Waals surface area contributed by atoms with Gasteiger partial charge in [0.1, 0.15) is 17.5 Å². The Bertz CT molecular complexity index is 659. The molecule has 0 aliphatic rings. The molecule has 6 heteroatoms. The minimum Gasteiger partial charge on any atom is -0.487 e. The summed E-state index contributed by atoms with van der Waals surface area (Å²) in [5, 5.41) is 11.2. The lowest BCUT2D eigenvalue weighted by Crippen LogP contribution is -2.01. The van der Waals surface area contributed by atoms with Crippen molar-refractivity contribution in [2.45, 2.75) is 20.5 Å². The molecule has 0 amide bonds. The molecule has 1 aromatic carbocycles. The summed E-state index contributed by atoms with van der Waals surface area (Å²) in [5.41, 5.74) is 2.07. The zero-order chi connectivity index (χ0) is 14.7. The van der Waals surface area contributed by atoms with Crippen LogP contribution in [0.1, 0.15) is 16.8 Å². The van der Waals surface area contributed by atoms with Crippen molar-refractivity contribution in [3.05, 3.63) is 62.4 Å². The molecule has 1 heterocycles. The smallest absolute Gasteiger partial charge is 0.272 e. The Morgan fingerprint density at radius 1 is 1.30 bits per heavy atom. The average Bonchev–Trinajstić information content (AvgIpc) is 2.39. The third-order valence-corrected chi connectivity index (χ3v) is 3.05. The molecular weight excluding hydrogens is 280 g/mol. The number of aryl methyl sites for hydroxylation is 2. The fourth-order valence-electron chi connectivity index (χ4n) is 1.81. The molecule has 0 N–H and O–H groups in total. The van der Waals surface area contributed by atoms with Gasteiger partial charge in [0.25, 0.3) is 5.69 Å². The van der Waals surface area contributed by atoms with Gasteiger partial charge in [-0.05, 0) is 37.6 Å². The molecule has 0 aliphatic carbocycles. The average molecular weight is 293 g/mol. The van der Waals surface area contributed by atoms with Gasteiger partial charge in [-0.1, -0.05) is 17.7 Å². The predicted octanol–water partition coefficient (Wildman–Crippen LogP) is 3.84. The Morgan fingerprint density at radius 3 is 2.70 bits per heavy atom. The lowest BCUT2D eigenvalue weighted by atomic mass is 10.1. The number of benzene rings is 1. The minimum absolute atomic E-state index is 0.0933. The van der Waals surface area contributed by atoms with Crippen molar-refractivity contribution in [2.75, 3.05) is 0 Å². The predicted molar refractivity (Wildman–Crippen MR) is 76.1 cm³/mol. The molecular formula is C14H13ClN2O3. The standard InChI is InChI=1S/C14H13ClN2O3/c1-9-7-13(10(2)6-12(9)17(18)19)20-8-11-4-3-5-14(15)16-11/h3-7H,8H2,1-2H3. The molecule has 0 aliphatic heterocycles. The normalized spacial score (nSPS) is 10.3. The number of halogens is 1. The number of hydrogen-bond donors (Lipinski definition) is 0. The molecule has 0 unspecified atom stereocenters. The minimum atomic E-state index is -0.398. The van der Waals surface area contributed by atoms with Crippen LogP contribution in [0, 0.1) is 24.0 Å². The molecule has 0 bridgehead atoms. The van der Waals surface area contributed by atoms with E-state index < -0.39 is 4.92 Å². The van der Waals surface area contributed by atoms with Crippen molar-refractivity contribution < 1.29 is 9.66 Å². The van der Waals surface area contributed by atoms with Crippen LogP contribution in [0.25, 0.3) is 0 Å². The molecule has 0 saturated carbocycles. The quantitative estimate of drug-likeness (QED) is 0.488. The van der Waals surface area contributed by atoms with Gasteiger partial charge in [0.05, 0.1) is 10.6 Å². The summed E-state index contributed by atoms with van der Waals surface area (Å²) in [6.07, 6.45) is 0. The molecule has 0 saturated heterocycles. The summed E-state index contributed by atoms with van der Waals surface area (Å²) >= 11 is 5.80. The van der Waals surface area contributed by atoms with Gasteiger partial charge >= 0.3 is 0 Å². The highest BCUT2D eigenvalue weighted by atomic mass is 35.5. The van der Waals surface area contributed by atoms with Gasteiger partial charge in [-0.3, -0.25) is 10.1 Å². The first kappa shape index (κ1) is 14.3. The van der Waals surface area contributed by atoms with Crippen LogP contribution in [0.2, 0.25) is 5.15 Å². The van der Waals surface area contributed by atoms with Crippen LogP contribution in [-0.2, 0) is 6.61 Å². The number of nitro groups is 1. The number of hydrogen-bond acceptors (Lipinski definition) is 4. The van der Waals surface area contributed by atoms with Crippen LogP contribution in [0.15, 0.2) is 30.3 Å². The first-order chi connectivity index (χ1) is 9.47. The van der Waals surface area contributed by atoms with Gasteiger partial charge in [-0.15, -0.1) is 0 Å². The number of aromatic nitrogens is 1. The van der Waals surface area contributed by atoms with Crippen LogP contribution in [0.3, 0.4) is 0 Å². The zero-order valence-electron chi connectivity index (χ0n) is 11.1. The molecule has 0 spiro atoms. The van der Waals surface area contributed by atoms with Crippen LogP contribution < -0.4 is 4.74 Å². The maximum Gasteiger partial charge on any atom is 0.272 e. The molecule has 2 aromatic rings. The van der Waals surface area contributed by atoms with Crippen LogP contribution in [0.5, 0.6) is 5.75 Å². The molecule has 5 nitrogen and oxygen atoms in total. The zero-order valence-corrected chi connectivity index (χ0v) is 11.8. The number of nitro benzene ring substituents is 1. The second kappa shape index (κ2) is 5.88. The van der Waals surface area contributed by atoms with Crippen molar-refractivity contribution in [1.29, 1.82) is 0 Å². The first-order valence-corrected chi connectivity index (χ1v) is 6.35. The summed E-state index contributed by atoms with van der Waals surface area (Å²) in [7, 11) is 0. The molecule has 0 atom stereocenters. The van der Waals surface area contributed by atoms with Crippen molar-refractivity contribution >= 4 is 17.3 Å². The Balaban J connectivity index is 2.18. The van der Waals surface area contributed by atoms with E-state index in [9.17, 15) is 10.1 Å². The van der Waals surface area contributed by atoms with E-state index in [0.29, 0.717) is 27.7 Å². The molecule has 104 valence electrons. The van der Waals surface area contributed by atoms with Gasteiger partial charge < -0.3 is 4.74 Å². The van der Waals surface area contributed by atoms with Gasteiger partial charge in [0.15, 0.2) is 0 Å². The van der Waals surface area contributed by atoms with E-state index in [1.54, 1.807) is 38.1 Å². The Morgan fingerprint density at radius 2 is 2.05 bits per heavy atom. The summed E-state index contributed by atoms with van der Waals surface area (Å²) in [5.74, 6) is 0.606. The van der Waals surface area contributed by atoms with Crippen molar-refractivity contribution in [3.8, 4) is 5.75 Å². The summed E-state index contributed by atoms with van der Waals surface area (Å²) in [6, 6.07) is 8.46. The topological polar surface area (TPSA) is 65.3 Å². The molecule has 20 heavy (non-hydrogen) atoms. The fraction of sp³-hybridized carbons (Fsp3) is 0.214.